The Bertz CT molecular complexity index is 973. The zero-order valence-electron chi connectivity index (χ0n) is 37.6. The van der Waals surface area contributed by atoms with Gasteiger partial charge < -0.3 is 20.3 Å². The molecular weight excluding hydrogens is 707 g/mol. The van der Waals surface area contributed by atoms with Gasteiger partial charge in [-0.15, -0.1) is 0 Å². The standard InChI is InChI=1S/C51H93NO5/c1-3-5-7-9-11-13-15-16-22-25-29-33-37-41-45-51(56)57-46-42-38-34-30-26-23-20-18-17-19-21-24-28-32-36-40-44-50(55)52-48(47-53)49(54)43-39-35-31-27-14-12-10-8-6-4-2/h9,11,15-17,19,39,43,48-49,53-54H,3-8,10,12-14,18,20-38,40-42,44-47H2,1-2H3,(H,52,55)/b11-9-,16-15-,19-17-,43-39+. The van der Waals surface area contributed by atoms with Crippen molar-refractivity contribution < 1.29 is 24.5 Å². The number of nitrogens with one attached hydrogen (secondary N) is 1. The summed E-state index contributed by atoms with van der Waals surface area (Å²) in [7, 11) is 0. The molecular formula is C51H93NO5. The Hall–Kier alpha value is -2.18. The molecule has 0 fully saturated rings. The number of amides is 1. The maximum absolute atomic E-state index is 12.4. The highest BCUT2D eigenvalue weighted by Gasteiger charge is 2.18. The summed E-state index contributed by atoms with van der Waals surface area (Å²) in [5, 5.41) is 22.9. The molecule has 0 aliphatic rings. The lowest BCUT2D eigenvalue weighted by Gasteiger charge is -2.20. The van der Waals surface area contributed by atoms with Crippen LogP contribution in [0.3, 0.4) is 0 Å². The van der Waals surface area contributed by atoms with Crippen molar-refractivity contribution in [1.82, 2.24) is 5.32 Å². The number of carbonyl (C=O) groups is 2. The van der Waals surface area contributed by atoms with E-state index in [0.717, 1.165) is 77.0 Å². The minimum Gasteiger partial charge on any atom is -0.466 e. The van der Waals surface area contributed by atoms with Gasteiger partial charge in [0.1, 0.15) is 0 Å². The fourth-order valence-corrected chi connectivity index (χ4v) is 6.99. The topological polar surface area (TPSA) is 95.9 Å². The molecule has 2 atom stereocenters. The molecule has 0 heterocycles. The molecule has 0 saturated carbocycles. The number of esters is 1. The van der Waals surface area contributed by atoms with Crippen molar-refractivity contribution in [3.63, 3.8) is 0 Å². The Labute approximate surface area is 353 Å². The van der Waals surface area contributed by atoms with Gasteiger partial charge in [-0.1, -0.05) is 191 Å². The summed E-state index contributed by atoms with van der Waals surface area (Å²) >= 11 is 0. The predicted octanol–water partition coefficient (Wildman–Crippen LogP) is 14.3. The lowest BCUT2D eigenvalue weighted by Crippen LogP contribution is -2.45. The van der Waals surface area contributed by atoms with Crippen LogP contribution in [0.15, 0.2) is 48.6 Å². The Morgan fingerprint density at radius 1 is 0.491 bits per heavy atom. The molecule has 0 spiro atoms. The summed E-state index contributed by atoms with van der Waals surface area (Å²) in [6.45, 7) is 4.79. The summed E-state index contributed by atoms with van der Waals surface area (Å²) in [4.78, 5) is 24.4. The predicted molar refractivity (Wildman–Crippen MR) is 245 cm³/mol. The van der Waals surface area contributed by atoms with Gasteiger partial charge in [0.2, 0.25) is 5.91 Å². The third kappa shape index (κ3) is 43.2. The van der Waals surface area contributed by atoms with Crippen molar-refractivity contribution in [2.45, 2.75) is 251 Å². The maximum Gasteiger partial charge on any atom is 0.305 e. The van der Waals surface area contributed by atoms with E-state index in [1.54, 1.807) is 6.08 Å². The zero-order chi connectivity index (χ0) is 41.5. The highest BCUT2D eigenvalue weighted by Crippen LogP contribution is 2.13. The van der Waals surface area contributed by atoms with E-state index in [4.69, 9.17) is 4.74 Å². The second-order valence-electron chi connectivity index (χ2n) is 16.4. The van der Waals surface area contributed by atoms with E-state index in [-0.39, 0.29) is 18.5 Å². The van der Waals surface area contributed by atoms with Gasteiger partial charge in [-0.25, -0.2) is 0 Å². The van der Waals surface area contributed by atoms with Crippen molar-refractivity contribution >= 4 is 11.9 Å². The van der Waals surface area contributed by atoms with Crippen molar-refractivity contribution in [2.24, 2.45) is 0 Å². The van der Waals surface area contributed by atoms with Crippen LogP contribution in [-0.4, -0.2) is 47.4 Å². The van der Waals surface area contributed by atoms with Gasteiger partial charge in [-0.3, -0.25) is 9.59 Å². The molecule has 0 radical (unpaired) electrons. The van der Waals surface area contributed by atoms with E-state index in [2.05, 4.69) is 55.6 Å². The maximum atomic E-state index is 12.4. The SMILES string of the molecule is CCCC/C=C\C/C=C\CCCCCCCC(=O)OCCCCCCCCC/C=C\CCCCCCCC(=O)NC(CO)C(O)/C=C/CCCCCCCCCC. The van der Waals surface area contributed by atoms with Crippen LogP contribution in [0.25, 0.3) is 0 Å². The molecule has 0 rings (SSSR count). The lowest BCUT2D eigenvalue weighted by molar-refractivity contribution is -0.143. The highest BCUT2D eigenvalue weighted by molar-refractivity contribution is 5.76. The summed E-state index contributed by atoms with van der Waals surface area (Å²) in [5.41, 5.74) is 0. The van der Waals surface area contributed by atoms with Gasteiger partial charge in [0, 0.05) is 12.8 Å². The van der Waals surface area contributed by atoms with Crippen molar-refractivity contribution in [2.75, 3.05) is 13.2 Å². The van der Waals surface area contributed by atoms with E-state index in [0.29, 0.717) is 19.4 Å². The number of aliphatic hydroxyl groups is 2. The minimum atomic E-state index is -0.854. The number of allylic oxidation sites excluding steroid dienone is 7. The number of hydrogen-bond acceptors (Lipinski definition) is 5. The smallest absolute Gasteiger partial charge is 0.305 e. The molecule has 0 bridgehead atoms. The summed E-state index contributed by atoms with van der Waals surface area (Å²) in [6.07, 6.45) is 56.8. The van der Waals surface area contributed by atoms with E-state index < -0.39 is 12.1 Å². The van der Waals surface area contributed by atoms with Gasteiger partial charge in [0.15, 0.2) is 0 Å². The molecule has 332 valence electrons. The van der Waals surface area contributed by atoms with Gasteiger partial charge in [0.25, 0.3) is 0 Å². The molecule has 6 nitrogen and oxygen atoms in total. The lowest BCUT2D eigenvalue weighted by atomic mass is 10.1. The van der Waals surface area contributed by atoms with E-state index in [9.17, 15) is 19.8 Å². The molecule has 0 saturated heterocycles. The number of hydrogen-bond donors (Lipinski definition) is 3. The summed E-state index contributed by atoms with van der Waals surface area (Å²) < 4.78 is 5.44. The molecule has 0 aromatic rings. The van der Waals surface area contributed by atoms with E-state index >= 15 is 0 Å². The Kier molecular flexibility index (Phi) is 44.7. The molecule has 0 aromatic heterocycles. The quantitative estimate of drug-likeness (QED) is 0.0324. The van der Waals surface area contributed by atoms with Gasteiger partial charge in [-0.2, -0.15) is 0 Å². The van der Waals surface area contributed by atoms with Crippen LogP contribution in [0.2, 0.25) is 0 Å². The Balaban J connectivity index is 3.50. The van der Waals surface area contributed by atoms with Crippen LogP contribution in [0, 0.1) is 0 Å². The van der Waals surface area contributed by atoms with Crippen LogP contribution in [-0.2, 0) is 14.3 Å². The number of ether oxygens (including phenoxy) is 1. The Morgan fingerprint density at radius 3 is 1.40 bits per heavy atom. The first-order valence-corrected chi connectivity index (χ1v) is 24.4. The summed E-state index contributed by atoms with van der Waals surface area (Å²) in [6, 6.07) is -0.639. The van der Waals surface area contributed by atoms with Crippen LogP contribution in [0.5, 0.6) is 0 Å². The minimum absolute atomic E-state index is 0.0199. The second-order valence-corrected chi connectivity index (χ2v) is 16.4. The van der Waals surface area contributed by atoms with E-state index in [1.807, 2.05) is 6.08 Å². The van der Waals surface area contributed by atoms with Crippen molar-refractivity contribution in [3.8, 4) is 0 Å². The first kappa shape index (κ1) is 54.8. The second kappa shape index (κ2) is 46.5. The Morgan fingerprint density at radius 2 is 0.895 bits per heavy atom. The normalized spacial score (nSPS) is 13.1. The fraction of sp³-hybridized carbons (Fsp3) is 0.804. The van der Waals surface area contributed by atoms with Gasteiger partial charge in [-0.05, 0) is 83.5 Å². The zero-order valence-corrected chi connectivity index (χ0v) is 37.6. The van der Waals surface area contributed by atoms with Crippen LogP contribution < -0.4 is 5.32 Å². The number of unbranched alkanes of at least 4 members (excludes halogenated alkanes) is 27. The van der Waals surface area contributed by atoms with Gasteiger partial charge in [0.05, 0.1) is 25.4 Å². The fourth-order valence-electron chi connectivity index (χ4n) is 6.99. The first-order chi connectivity index (χ1) is 28.0. The van der Waals surface area contributed by atoms with Crippen LogP contribution >= 0.6 is 0 Å². The van der Waals surface area contributed by atoms with Crippen LogP contribution in [0.1, 0.15) is 239 Å². The highest BCUT2D eigenvalue weighted by atomic mass is 16.5. The largest absolute Gasteiger partial charge is 0.466 e. The number of carbonyl (C=O) groups excluding carboxylic acids is 2. The molecule has 0 aliphatic carbocycles. The molecule has 3 N–H and O–H groups in total. The molecule has 2 unspecified atom stereocenters. The number of rotatable bonds is 44. The van der Waals surface area contributed by atoms with Crippen LogP contribution in [0.4, 0.5) is 0 Å². The third-order valence-electron chi connectivity index (χ3n) is 10.8. The third-order valence-corrected chi connectivity index (χ3v) is 10.8. The average Bonchev–Trinajstić information content (AvgIpc) is 3.21. The monoisotopic (exact) mass is 800 g/mol. The number of aliphatic hydroxyl groups excluding tert-OH is 2. The van der Waals surface area contributed by atoms with E-state index in [1.165, 1.54) is 135 Å². The molecule has 0 aromatic carbocycles. The molecule has 1 amide bonds. The molecule has 57 heavy (non-hydrogen) atoms. The van der Waals surface area contributed by atoms with Gasteiger partial charge >= 0.3 is 5.97 Å². The molecule has 0 aliphatic heterocycles. The average molecular weight is 800 g/mol. The van der Waals surface area contributed by atoms with Crippen molar-refractivity contribution in [1.29, 1.82) is 0 Å². The first-order valence-electron chi connectivity index (χ1n) is 24.4. The molecule has 6 heteroatoms. The summed E-state index contributed by atoms with van der Waals surface area (Å²) in [5.74, 6) is -0.109. The van der Waals surface area contributed by atoms with Crippen molar-refractivity contribution in [3.05, 3.63) is 48.6 Å².